The zero-order valence-electron chi connectivity index (χ0n) is 10.8. The molecule has 2 aromatic rings. The Bertz CT molecular complexity index is 444. The van der Waals surface area contributed by atoms with Gasteiger partial charge < -0.3 is 5.11 Å². The molecule has 0 aliphatic rings. The Morgan fingerprint density at radius 2 is 1.94 bits per heavy atom. The summed E-state index contributed by atoms with van der Waals surface area (Å²) in [6, 6.07) is 12.9. The third kappa shape index (κ3) is 3.97. The first-order valence-electron chi connectivity index (χ1n) is 6.46. The molecule has 1 aromatic heterocycles. The molecule has 0 amide bonds. The molecule has 0 bridgehead atoms. The number of hydrogen-bond donors (Lipinski definition) is 1. The summed E-state index contributed by atoms with van der Waals surface area (Å²) < 4.78 is 0. The smallest absolute Gasteiger partial charge is 0.0462 e. The minimum absolute atomic E-state index is 0.277. The van der Waals surface area contributed by atoms with E-state index in [1.165, 1.54) is 16.0 Å². The van der Waals surface area contributed by atoms with Gasteiger partial charge in [-0.1, -0.05) is 35.9 Å². The Hall–Kier alpha value is -1.12. The molecule has 0 saturated carbocycles. The van der Waals surface area contributed by atoms with Gasteiger partial charge in [-0.15, -0.1) is 11.3 Å². The van der Waals surface area contributed by atoms with Crippen molar-refractivity contribution in [1.29, 1.82) is 0 Å². The average Bonchev–Trinajstić information content (AvgIpc) is 2.90. The number of aliphatic hydroxyl groups is 1. The first-order chi connectivity index (χ1) is 8.78. The Balaban J connectivity index is 1.87. The molecule has 1 atom stereocenters. The van der Waals surface area contributed by atoms with E-state index in [9.17, 15) is 5.11 Å². The first kappa shape index (κ1) is 13.3. The quantitative estimate of drug-likeness (QED) is 0.836. The molecule has 0 aliphatic carbocycles. The molecule has 1 unspecified atom stereocenters. The highest BCUT2D eigenvalue weighted by Crippen LogP contribution is 2.18. The van der Waals surface area contributed by atoms with E-state index in [-0.39, 0.29) is 6.61 Å². The Morgan fingerprint density at radius 1 is 1.17 bits per heavy atom. The summed E-state index contributed by atoms with van der Waals surface area (Å²) in [5.41, 5.74) is 2.61. The maximum absolute atomic E-state index is 9.47. The third-order valence-corrected chi connectivity index (χ3v) is 4.22. The second-order valence-electron chi connectivity index (χ2n) is 4.86. The summed E-state index contributed by atoms with van der Waals surface area (Å²) in [5.74, 6) is 0.370. The van der Waals surface area contributed by atoms with Crippen LogP contribution in [-0.4, -0.2) is 11.7 Å². The van der Waals surface area contributed by atoms with Gasteiger partial charge in [0.25, 0.3) is 0 Å². The van der Waals surface area contributed by atoms with E-state index in [0.717, 1.165) is 19.3 Å². The molecule has 96 valence electrons. The van der Waals surface area contributed by atoms with Gasteiger partial charge in [0.1, 0.15) is 0 Å². The van der Waals surface area contributed by atoms with Gasteiger partial charge in [-0.2, -0.15) is 0 Å². The predicted molar refractivity (Wildman–Crippen MR) is 78.1 cm³/mol. The first-order valence-corrected chi connectivity index (χ1v) is 7.34. The van der Waals surface area contributed by atoms with Crippen molar-refractivity contribution in [2.24, 2.45) is 5.92 Å². The van der Waals surface area contributed by atoms with Crippen molar-refractivity contribution in [1.82, 2.24) is 0 Å². The Labute approximate surface area is 113 Å². The zero-order valence-corrected chi connectivity index (χ0v) is 11.6. The van der Waals surface area contributed by atoms with Crippen LogP contribution >= 0.6 is 11.3 Å². The van der Waals surface area contributed by atoms with Crippen molar-refractivity contribution in [3.05, 3.63) is 57.8 Å². The van der Waals surface area contributed by atoms with E-state index < -0.39 is 0 Å². The summed E-state index contributed by atoms with van der Waals surface area (Å²) in [6.07, 6.45) is 3.11. The topological polar surface area (TPSA) is 20.2 Å². The molecule has 2 heteroatoms. The summed E-state index contributed by atoms with van der Waals surface area (Å²) in [6.45, 7) is 2.38. The fourth-order valence-corrected chi connectivity index (χ4v) is 2.84. The molecular weight excluding hydrogens is 240 g/mol. The van der Waals surface area contributed by atoms with Crippen molar-refractivity contribution in [2.75, 3.05) is 6.61 Å². The van der Waals surface area contributed by atoms with Crippen molar-refractivity contribution < 1.29 is 5.11 Å². The zero-order chi connectivity index (χ0) is 12.8. The lowest BCUT2D eigenvalue weighted by atomic mass is 9.95. The summed E-state index contributed by atoms with van der Waals surface area (Å²) >= 11 is 1.80. The summed E-state index contributed by atoms with van der Waals surface area (Å²) in [5, 5.41) is 11.6. The molecular formula is C16H20OS. The van der Waals surface area contributed by atoms with E-state index >= 15 is 0 Å². The standard InChI is InChI=1S/C16H20OS/c1-13-4-6-14(7-5-13)11-15(12-17)8-9-16-3-2-10-18-16/h2-7,10,15,17H,8-9,11-12H2,1H3. The molecule has 0 spiro atoms. The van der Waals surface area contributed by atoms with Crippen LogP contribution in [0.2, 0.25) is 0 Å². The summed E-state index contributed by atoms with van der Waals surface area (Å²) in [4.78, 5) is 1.41. The molecule has 0 saturated heterocycles. The average molecular weight is 260 g/mol. The molecule has 1 aromatic carbocycles. The second-order valence-corrected chi connectivity index (χ2v) is 5.89. The summed E-state index contributed by atoms with van der Waals surface area (Å²) in [7, 11) is 0. The normalized spacial score (nSPS) is 12.6. The number of benzene rings is 1. The van der Waals surface area contributed by atoms with Crippen LogP contribution in [0.25, 0.3) is 0 Å². The molecule has 1 heterocycles. The van der Waals surface area contributed by atoms with Crippen molar-refractivity contribution >= 4 is 11.3 Å². The number of thiophene rings is 1. The van der Waals surface area contributed by atoms with E-state index in [2.05, 4.69) is 48.7 Å². The largest absolute Gasteiger partial charge is 0.396 e. The van der Waals surface area contributed by atoms with Gasteiger partial charge in [-0.3, -0.25) is 0 Å². The van der Waals surface area contributed by atoms with Crippen LogP contribution in [0.5, 0.6) is 0 Å². The fourth-order valence-electron chi connectivity index (χ4n) is 2.12. The molecule has 18 heavy (non-hydrogen) atoms. The van der Waals surface area contributed by atoms with E-state index in [0.29, 0.717) is 5.92 Å². The van der Waals surface area contributed by atoms with E-state index in [1.54, 1.807) is 11.3 Å². The SMILES string of the molecule is Cc1ccc(CC(CO)CCc2cccs2)cc1. The van der Waals surface area contributed by atoms with Gasteiger partial charge in [-0.05, 0) is 49.1 Å². The Kier molecular flexibility index (Phi) is 4.97. The van der Waals surface area contributed by atoms with Gasteiger partial charge in [-0.25, -0.2) is 0 Å². The van der Waals surface area contributed by atoms with Crippen LogP contribution in [0.4, 0.5) is 0 Å². The van der Waals surface area contributed by atoms with Crippen molar-refractivity contribution in [3.63, 3.8) is 0 Å². The molecule has 1 N–H and O–H groups in total. The molecule has 0 aliphatic heterocycles. The van der Waals surface area contributed by atoms with Crippen LogP contribution in [0.1, 0.15) is 22.4 Å². The maximum atomic E-state index is 9.47. The predicted octanol–water partition coefficient (Wildman–Crippen LogP) is 3.84. The lowest BCUT2D eigenvalue weighted by Gasteiger charge is -2.13. The maximum Gasteiger partial charge on any atom is 0.0462 e. The lowest BCUT2D eigenvalue weighted by molar-refractivity contribution is 0.218. The van der Waals surface area contributed by atoms with Crippen LogP contribution in [-0.2, 0) is 12.8 Å². The highest BCUT2D eigenvalue weighted by atomic mass is 32.1. The fraction of sp³-hybridized carbons (Fsp3) is 0.375. The van der Waals surface area contributed by atoms with Crippen LogP contribution in [0.15, 0.2) is 41.8 Å². The van der Waals surface area contributed by atoms with E-state index in [4.69, 9.17) is 0 Å². The minimum atomic E-state index is 0.277. The van der Waals surface area contributed by atoms with Gasteiger partial charge in [0, 0.05) is 11.5 Å². The van der Waals surface area contributed by atoms with Crippen LogP contribution in [0.3, 0.4) is 0 Å². The number of aliphatic hydroxyl groups excluding tert-OH is 1. The van der Waals surface area contributed by atoms with Crippen molar-refractivity contribution in [2.45, 2.75) is 26.2 Å². The monoisotopic (exact) mass is 260 g/mol. The highest BCUT2D eigenvalue weighted by molar-refractivity contribution is 7.09. The minimum Gasteiger partial charge on any atom is -0.396 e. The molecule has 0 fully saturated rings. The third-order valence-electron chi connectivity index (χ3n) is 3.28. The highest BCUT2D eigenvalue weighted by Gasteiger charge is 2.09. The van der Waals surface area contributed by atoms with Gasteiger partial charge in [0.15, 0.2) is 0 Å². The lowest BCUT2D eigenvalue weighted by Crippen LogP contribution is -2.10. The number of rotatable bonds is 6. The van der Waals surface area contributed by atoms with E-state index in [1.807, 2.05) is 0 Å². The molecule has 0 radical (unpaired) electrons. The van der Waals surface area contributed by atoms with Crippen LogP contribution < -0.4 is 0 Å². The molecule has 1 nitrogen and oxygen atoms in total. The van der Waals surface area contributed by atoms with Crippen LogP contribution in [0, 0.1) is 12.8 Å². The second kappa shape index (κ2) is 6.72. The number of aryl methyl sites for hydroxylation is 2. The molecule has 2 rings (SSSR count). The van der Waals surface area contributed by atoms with Gasteiger partial charge >= 0.3 is 0 Å². The Morgan fingerprint density at radius 3 is 2.56 bits per heavy atom. The van der Waals surface area contributed by atoms with Gasteiger partial charge in [0.05, 0.1) is 0 Å². The van der Waals surface area contributed by atoms with Gasteiger partial charge in [0.2, 0.25) is 0 Å². The van der Waals surface area contributed by atoms with Crippen molar-refractivity contribution in [3.8, 4) is 0 Å². The number of hydrogen-bond acceptors (Lipinski definition) is 2.